The number of amidine groups is 2. The zero-order chi connectivity index (χ0) is 24.9. The minimum atomic E-state index is 0. The molecule has 9 heteroatoms. The van der Waals surface area contributed by atoms with Crippen LogP contribution in [0.25, 0.3) is 0 Å². The van der Waals surface area contributed by atoms with Gasteiger partial charge in [-0.05, 0) is 39.7 Å². The van der Waals surface area contributed by atoms with Crippen LogP contribution in [-0.4, -0.2) is 57.7 Å². The Morgan fingerprint density at radius 2 is 1.00 bits per heavy atom. The summed E-state index contributed by atoms with van der Waals surface area (Å²) in [6, 6.07) is 18.1. The SMILES string of the molecule is CCc1ccc(C(=N\N=C(/[S-])N(CC)CC)/C(=N/N=C(\[S-])N(CC)CC)c2ccccc2)cc1.[Cu+2]. The zero-order valence-corrected chi connectivity index (χ0v) is 23.6. The number of benzene rings is 2. The summed E-state index contributed by atoms with van der Waals surface area (Å²) in [7, 11) is 0. The van der Waals surface area contributed by atoms with Crippen molar-refractivity contribution < 1.29 is 17.1 Å². The third-order valence-corrected chi connectivity index (χ3v) is 6.13. The van der Waals surface area contributed by atoms with E-state index >= 15 is 0 Å². The molecular weight excluding hydrogens is 524 g/mol. The van der Waals surface area contributed by atoms with Gasteiger partial charge in [0.1, 0.15) is 11.4 Å². The van der Waals surface area contributed by atoms with Crippen LogP contribution in [0.3, 0.4) is 0 Å². The van der Waals surface area contributed by atoms with Gasteiger partial charge in [0.15, 0.2) is 0 Å². The fraction of sp³-hybridized carbons (Fsp3) is 0.385. The first-order valence-electron chi connectivity index (χ1n) is 11.8. The third-order valence-electron chi connectivity index (χ3n) is 5.45. The molecule has 0 atom stereocenters. The van der Waals surface area contributed by atoms with Gasteiger partial charge in [0.2, 0.25) is 0 Å². The second-order valence-corrected chi connectivity index (χ2v) is 8.15. The number of nitrogens with zero attached hydrogens (tertiary/aromatic N) is 6. The molecule has 1 radical (unpaired) electrons. The number of hydrogen-bond acceptors (Lipinski definition) is 6. The maximum Gasteiger partial charge on any atom is 2.00 e. The standard InChI is InChI=1S/C26H36N6S2.Cu/c1-6-20-16-18-22(19-17-20)24(28-30-26(34)32(9-4)10-5)23(21-14-12-11-13-15-21)27-29-25(33)31(7-2)8-3;/h11-19H,6-10H2,1-5H3,(H,29,33)(H,30,34);/q;+2/p-2/b27-23+,28-24+;. The fourth-order valence-electron chi connectivity index (χ4n) is 3.28. The van der Waals surface area contributed by atoms with Gasteiger partial charge in [0.25, 0.3) is 0 Å². The molecule has 2 rings (SSSR count). The Kier molecular flexibility index (Phi) is 14.4. The van der Waals surface area contributed by atoms with Crippen LogP contribution in [0.2, 0.25) is 0 Å². The fourth-order valence-corrected chi connectivity index (χ4v) is 3.88. The van der Waals surface area contributed by atoms with Gasteiger partial charge in [-0.25, -0.2) is 0 Å². The molecule has 6 nitrogen and oxygen atoms in total. The van der Waals surface area contributed by atoms with Gasteiger partial charge in [-0.2, -0.15) is 10.2 Å². The Hall–Kier alpha value is -2.32. The second kappa shape index (κ2) is 16.4. The molecule has 0 fully saturated rings. The van der Waals surface area contributed by atoms with Crippen molar-refractivity contribution in [2.75, 3.05) is 26.2 Å². The first-order chi connectivity index (χ1) is 16.5. The van der Waals surface area contributed by atoms with E-state index in [1.54, 1.807) is 0 Å². The minimum Gasteiger partial charge on any atom is -0.741 e. The van der Waals surface area contributed by atoms with Gasteiger partial charge in [0, 0.05) is 47.6 Å². The molecule has 0 N–H and O–H groups in total. The molecule has 0 amide bonds. The van der Waals surface area contributed by atoms with Gasteiger partial charge in [-0.1, -0.05) is 61.5 Å². The molecule has 0 saturated carbocycles. The predicted octanol–water partition coefficient (Wildman–Crippen LogP) is 4.84. The van der Waals surface area contributed by atoms with E-state index in [9.17, 15) is 0 Å². The van der Waals surface area contributed by atoms with Crippen molar-refractivity contribution in [1.82, 2.24) is 9.80 Å². The van der Waals surface area contributed by atoms with E-state index in [0.717, 1.165) is 43.7 Å². The summed E-state index contributed by atoms with van der Waals surface area (Å²) in [6.45, 7) is 13.4. The summed E-state index contributed by atoms with van der Waals surface area (Å²) in [4.78, 5) is 3.96. The van der Waals surface area contributed by atoms with Gasteiger partial charge < -0.3 is 35.1 Å². The molecule has 0 heterocycles. The van der Waals surface area contributed by atoms with Gasteiger partial charge in [-0.15, -0.1) is 10.2 Å². The molecule has 0 aliphatic rings. The number of aryl methyl sites for hydroxylation is 1. The maximum atomic E-state index is 5.52. The van der Waals surface area contributed by atoms with E-state index in [1.807, 2.05) is 80.0 Å². The van der Waals surface area contributed by atoms with Crippen molar-refractivity contribution in [3.05, 3.63) is 71.3 Å². The van der Waals surface area contributed by atoms with Crippen molar-refractivity contribution in [3.63, 3.8) is 0 Å². The van der Waals surface area contributed by atoms with E-state index in [1.165, 1.54) is 5.56 Å². The molecule has 0 aliphatic heterocycles. The van der Waals surface area contributed by atoms with Crippen LogP contribution in [0, 0.1) is 0 Å². The second-order valence-electron chi connectivity index (χ2n) is 7.42. The molecule has 0 spiro atoms. The Labute approximate surface area is 232 Å². The molecule has 35 heavy (non-hydrogen) atoms. The van der Waals surface area contributed by atoms with E-state index in [4.69, 9.17) is 25.3 Å². The van der Waals surface area contributed by atoms with E-state index in [-0.39, 0.29) is 17.1 Å². The molecule has 0 unspecified atom stereocenters. The van der Waals surface area contributed by atoms with E-state index < -0.39 is 0 Å². The Balaban J connectivity index is 0.00000612. The van der Waals surface area contributed by atoms with Crippen LogP contribution in [0.5, 0.6) is 0 Å². The summed E-state index contributed by atoms with van der Waals surface area (Å²) >= 11 is 11.0. The normalized spacial score (nSPS) is 12.8. The Morgan fingerprint density at radius 3 is 1.37 bits per heavy atom. The summed E-state index contributed by atoms with van der Waals surface area (Å²) in [6.07, 6.45) is 0.955. The molecule has 0 aromatic heterocycles. The quantitative estimate of drug-likeness (QED) is 0.138. The van der Waals surface area contributed by atoms with Gasteiger partial charge in [-0.3, -0.25) is 0 Å². The van der Waals surface area contributed by atoms with Crippen molar-refractivity contribution in [2.45, 2.75) is 41.0 Å². The smallest absolute Gasteiger partial charge is 0.741 e. The zero-order valence-electron chi connectivity index (χ0n) is 21.0. The largest absolute Gasteiger partial charge is 2.00 e. The van der Waals surface area contributed by atoms with Crippen LogP contribution < -0.4 is 0 Å². The predicted molar refractivity (Wildman–Crippen MR) is 151 cm³/mol. The number of hydrogen-bond donors (Lipinski definition) is 0. The summed E-state index contributed by atoms with van der Waals surface area (Å²) in [5, 5.41) is 18.9. The molecule has 0 bridgehead atoms. The van der Waals surface area contributed by atoms with Crippen molar-refractivity contribution in [2.24, 2.45) is 20.4 Å². The van der Waals surface area contributed by atoms with Crippen molar-refractivity contribution >= 4 is 47.0 Å². The van der Waals surface area contributed by atoms with E-state index in [0.29, 0.717) is 21.8 Å². The monoisotopic (exact) mass is 557 g/mol. The Bertz CT molecular complexity index is 1010. The first-order valence-corrected chi connectivity index (χ1v) is 12.6. The average Bonchev–Trinajstić information content (AvgIpc) is 2.88. The number of rotatable bonds is 10. The van der Waals surface area contributed by atoms with E-state index in [2.05, 4.69) is 39.5 Å². The van der Waals surface area contributed by atoms with Gasteiger partial charge >= 0.3 is 17.1 Å². The third kappa shape index (κ3) is 9.00. The molecule has 0 aliphatic carbocycles. The first kappa shape index (κ1) is 30.7. The van der Waals surface area contributed by atoms with Crippen molar-refractivity contribution in [3.8, 4) is 0 Å². The van der Waals surface area contributed by atoms with Crippen LogP contribution >= 0.6 is 0 Å². The minimum absolute atomic E-state index is 0. The molecule has 191 valence electrons. The molecular formula is C26H34CuN6S2. The molecule has 2 aromatic carbocycles. The van der Waals surface area contributed by atoms with Crippen LogP contribution in [0.15, 0.2) is 75.0 Å². The topological polar surface area (TPSA) is 55.9 Å². The summed E-state index contributed by atoms with van der Waals surface area (Å²) in [5.74, 6) is 0. The van der Waals surface area contributed by atoms with Crippen LogP contribution in [0.1, 0.15) is 51.3 Å². The van der Waals surface area contributed by atoms with Crippen LogP contribution in [-0.2, 0) is 48.7 Å². The average molecular weight is 558 g/mol. The molecule has 0 saturated heterocycles. The van der Waals surface area contributed by atoms with Gasteiger partial charge in [0.05, 0.1) is 0 Å². The Morgan fingerprint density at radius 1 is 0.600 bits per heavy atom. The summed E-state index contributed by atoms with van der Waals surface area (Å²) in [5.41, 5.74) is 4.18. The maximum absolute atomic E-state index is 5.52. The van der Waals surface area contributed by atoms with Crippen molar-refractivity contribution in [1.29, 1.82) is 0 Å². The summed E-state index contributed by atoms with van der Waals surface area (Å²) < 4.78 is 0. The van der Waals surface area contributed by atoms with Crippen LogP contribution in [0.4, 0.5) is 0 Å². The molecule has 2 aromatic rings.